The summed E-state index contributed by atoms with van der Waals surface area (Å²) in [6.07, 6.45) is -0.523. The van der Waals surface area contributed by atoms with Crippen LogP contribution in [0.2, 0.25) is 0 Å². The lowest BCUT2D eigenvalue weighted by Gasteiger charge is -2.22. The predicted octanol–water partition coefficient (Wildman–Crippen LogP) is -0.598. The Morgan fingerprint density at radius 3 is 2.69 bits per heavy atom. The second-order valence-electron chi connectivity index (χ2n) is 3.89. The molecule has 1 amide bonds. The minimum atomic E-state index is -1.12. The number of Topliss-reactive ketones (excluding diaryl/α,β-unsaturated/α-hetero) is 1. The first-order chi connectivity index (χ1) is 7.43. The smallest absolute Gasteiger partial charge is 0.326 e. The molecule has 6 heteroatoms. The van der Waals surface area contributed by atoms with Gasteiger partial charge in [-0.25, -0.2) is 4.79 Å². The highest BCUT2D eigenvalue weighted by molar-refractivity contribution is 5.87. The first-order valence-corrected chi connectivity index (χ1v) is 5.14. The minimum absolute atomic E-state index is 0.0881. The summed E-state index contributed by atoms with van der Waals surface area (Å²) in [6.45, 7) is 1.36. The number of hydrogen-bond acceptors (Lipinski definition) is 4. The van der Waals surface area contributed by atoms with Crippen LogP contribution in [0.1, 0.15) is 26.2 Å². The number of nitrogens with zero attached hydrogens (tertiary/aromatic N) is 1. The van der Waals surface area contributed by atoms with E-state index in [1.807, 2.05) is 0 Å². The highest BCUT2D eigenvalue weighted by Crippen LogP contribution is 2.19. The third kappa shape index (κ3) is 2.79. The number of carbonyl (C=O) groups is 3. The Bertz CT molecular complexity index is 314. The summed E-state index contributed by atoms with van der Waals surface area (Å²) in [5.41, 5.74) is 0. The molecule has 1 aliphatic rings. The maximum absolute atomic E-state index is 11.4. The molecule has 1 rings (SSSR count). The molecule has 0 bridgehead atoms. The number of amides is 1. The van der Waals surface area contributed by atoms with Crippen molar-refractivity contribution < 1.29 is 24.6 Å². The molecule has 2 atom stereocenters. The molecular weight excluding hydrogens is 214 g/mol. The fourth-order valence-corrected chi connectivity index (χ4v) is 1.74. The second-order valence-corrected chi connectivity index (χ2v) is 3.89. The molecule has 1 unspecified atom stereocenters. The third-order valence-electron chi connectivity index (χ3n) is 2.73. The van der Waals surface area contributed by atoms with Crippen molar-refractivity contribution >= 4 is 17.7 Å². The maximum Gasteiger partial charge on any atom is 0.326 e. The summed E-state index contributed by atoms with van der Waals surface area (Å²) in [6, 6.07) is -0.813. The summed E-state index contributed by atoms with van der Waals surface area (Å²) < 4.78 is 0. The largest absolute Gasteiger partial charge is 0.480 e. The zero-order valence-electron chi connectivity index (χ0n) is 9.05. The van der Waals surface area contributed by atoms with Gasteiger partial charge in [0.15, 0.2) is 5.78 Å². The van der Waals surface area contributed by atoms with Crippen LogP contribution in [0.4, 0.5) is 0 Å². The Morgan fingerprint density at radius 2 is 2.19 bits per heavy atom. The van der Waals surface area contributed by atoms with Gasteiger partial charge in [0.05, 0.1) is 0 Å². The summed E-state index contributed by atoms with van der Waals surface area (Å²) in [7, 11) is 0. The first-order valence-electron chi connectivity index (χ1n) is 5.14. The number of aliphatic hydroxyl groups excluding tert-OH is 1. The maximum atomic E-state index is 11.4. The third-order valence-corrected chi connectivity index (χ3v) is 2.73. The van der Waals surface area contributed by atoms with Crippen molar-refractivity contribution in [2.24, 2.45) is 0 Å². The molecule has 0 aromatic heterocycles. The van der Waals surface area contributed by atoms with Crippen molar-refractivity contribution in [2.75, 3.05) is 6.54 Å². The van der Waals surface area contributed by atoms with Crippen molar-refractivity contribution in [3.05, 3.63) is 0 Å². The molecule has 90 valence electrons. The van der Waals surface area contributed by atoms with Gasteiger partial charge < -0.3 is 15.1 Å². The molecule has 0 spiro atoms. The van der Waals surface area contributed by atoms with E-state index in [9.17, 15) is 19.5 Å². The van der Waals surface area contributed by atoms with E-state index < -0.39 is 18.1 Å². The van der Waals surface area contributed by atoms with E-state index in [1.165, 1.54) is 11.8 Å². The molecule has 6 nitrogen and oxygen atoms in total. The van der Waals surface area contributed by atoms with Gasteiger partial charge >= 0.3 is 5.97 Å². The summed E-state index contributed by atoms with van der Waals surface area (Å²) >= 11 is 0. The van der Waals surface area contributed by atoms with Crippen LogP contribution in [0.15, 0.2) is 0 Å². The van der Waals surface area contributed by atoms with Gasteiger partial charge in [-0.2, -0.15) is 0 Å². The molecule has 0 aromatic carbocycles. The van der Waals surface area contributed by atoms with Gasteiger partial charge in [0.2, 0.25) is 5.91 Å². The van der Waals surface area contributed by atoms with Crippen LogP contribution >= 0.6 is 0 Å². The van der Waals surface area contributed by atoms with Gasteiger partial charge in [-0.1, -0.05) is 0 Å². The van der Waals surface area contributed by atoms with Crippen molar-refractivity contribution in [3.8, 4) is 0 Å². The Labute approximate surface area is 92.9 Å². The fourth-order valence-electron chi connectivity index (χ4n) is 1.74. The van der Waals surface area contributed by atoms with Crippen molar-refractivity contribution in [3.63, 3.8) is 0 Å². The Morgan fingerprint density at radius 1 is 1.56 bits per heavy atom. The average molecular weight is 229 g/mol. The first kappa shape index (κ1) is 12.6. The molecule has 0 aliphatic carbocycles. The Hall–Kier alpha value is -1.43. The highest BCUT2D eigenvalue weighted by atomic mass is 16.4. The Balaban J connectivity index is 2.54. The Kier molecular flexibility index (Phi) is 4.00. The lowest BCUT2D eigenvalue weighted by Crippen LogP contribution is -2.40. The second kappa shape index (κ2) is 5.07. The van der Waals surface area contributed by atoms with Gasteiger partial charge in [-0.3, -0.25) is 9.59 Å². The molecule has 1 fully saturated rings. The van der Waals surface area contributed by atoms with Gasteiger partial charge in [0, 0.05) is 13.0 Å². The predicted molar refractivity (Wildman–Crippen MR) is 53.7 cm³/mol. The van der Waals surface area contributed by atoms with E-state index in [1.54, 1.807) is 0 Å². The van der Waals surface area contributed by atoms with E-state index in [4.69, 9.17) is 5.11 Å². The number of likely N-dealkylation sites (tertiary alicyclic amines) is 1. The zero-order chi connectivity index (χ0) is 12.3. The standard InChI is InChI=1S/C10H15NO5/c1-6(12)8(13)4-5-11-7(10(15)16)2-3-9(11)14/h7-8,13H,2-5H2,1H3,(H,15,16)/t7-,8?/m0/s1. The van der Waals surface area contributed by atoms with Gasteiger partial charge in [0.1, 0.15) is 12.1 Å². The van der Waals surface area contributed by atoms with Crippen LogP contribution < -0.4 is 0 Å². The monoisotopic (exact) mass is 229 g/mol. The van der Waals surface area contributed by atoms with Crippen LogP contribution in [-0.2, 0) is 14.4 Å². The zero-order valence-corrected chi connectivity index (χ0v) is 9.05. The number of rotatable bonds is 5. The van der Waals surface area contributed by atoms with E-state index in [2.05, 4.69) is 0 Å². The number of aliphatic hydroxyl groups is 1. The number of ketones is 1. The average Bonchev–Trinajstić information content (AvgIpc) is 2.56. The van der Waals surface area contributed by atoms with E-state index in [0.717, 1.165) is 0 Å². The molecule has 1 saturated heterocycles. The van der Waals surface area contributed by atoms with Crippen molar-refractivity contribution in [1.29, 1.82) is 0 Å². The van der Waals surface area contributed by atoms with Crippen molar-refractivity contribution in [1.82, 2.24) is 4.90 Å². The molecule has 1 aliphatic heterocycles. The van der Waals surface area contributed by atoms with Crippen LogP contribution in [0.25, 0.3) is 0 Å². The van der Waals surface area contributed by atoms with Crippen LogP contribution in [0, 0.1) is 0 Å². The normalized spacial score (nSPS) is 22.2. The molecule has 0 saturated carbocycles. The minimum Gasteiger partial charge on any atom is -0.480 e. The quantitative estimate of drug-likeness (QED) is 0.656. The topological polar surface area (TPSA) is 94.9 Å². The lowest BCUT2D eigenvalue weighted by molar-refractivity contribution is -0.146. The number of hydrogen-bond donors (Lipinski definition) is 2. The van der Waals surface area contributed by atoms with Crippen LogP contribution in [-0.4, -0.2) is 51.5 Å². The van der Waals surface area contributed by atoms with Crippen LogP contribution in [0.3, 0.4) is 0 Å². The molecule has 0 aromatic rings. The van der Waals surface area contributed by atoms with Gasteiger partial charge in [0.25, 0.3) is 0 Å². The summed E-state index contributed by atoms with van der Waals surface area (Å²) in [5.74, 6) is -1.65. The number of carbonyl (C=O) groups excluding carboxylic acids is 2. The van der Waals surface area contributed by atoms with Gasteiger partial charge in [-0.05, 0) is 19.8 Å². The lowest BCUT2D eigenvalue weighted by atomic mass is 10.1. The molecular formula is C10H15NO5. The number of aliphatic carboxylic acids is 1. The number of carboxylic acid groups (broad SMARTS) is 1. The highest BCUT2D eigenvalue weighted by Gasteiger charge is 2.35. The summed E-state index contributed by atoms with van der Waals surface area (Å²) in [5, 5.41) is 18.1. The molecule has 1 heterocycles. The van der Waals surface area contributed by atoms with E-state index in [0.29, 0.717) is 6.42 Å². The molecule has 0 radical (unpaired) electrons. The van der Waals surface area contributed by atoms with E-state index >= 15 is 0 Å². The molecule has 16 heavy (non-hydrogen) atoms. The van der Waals surface area contributed by atoms with Crippen LogP contribution in [0.5, 0.6) is 0 Å². The van der Waals surface area contributed by atoms with Gasteiger partial charge in [-0.15, -0.1) is 0 Å². The van der Waals surface area contributed by atoms with E-state index in [-0.39, 0.29) is 31.1 Å². The van der Waals surface area contributed by atoms with Crippen molar-refractivity contribution in [2.45, 2.75) is 38.3 Å². The SMILES string of the molecule is CC(=O)C(O)CCN1C(=O)CC[C@H]1C(=O)O. The summed E-state index contributed by atoms with van der Waals surface area (Å²) in [4.78, 5) is 34.2. The molecule has 2 N–H and O–H groups in total. The fraction of sp³-hybridized carbons (Fsp3) is 0.700. The number of carboxylic acids is 1.